The van der Waals surface area contributed by atoms with E-state index in [1.54, 1.807) is 25.1 Å². The van der Waals surface area contributed by atoms with Crippen molar-refractivity contribution in [3.63, 3.8) is 0 Å². The van der Waals surface area contributed by atoms with Crippen LogP contribution in [-0.2, 0) is 9.53 Å². The fourth-order valence-electron chi connectivity index (χ4n) is 4.42. The second-order valence-corrected chi connectivity index (χ2v) is 7.33. The summed E-state index contributed by atoms with van der Waals surface area (Å²) >= 11 is 0. The second kappa shape index (κ2) is 7.91. The highest BCUT2D eigenvalue weighted by Gasteiger charge is 2.46. The van der Waals surface area contributed by atoms with Crippen LogP contribution in [-0.4, -0.2) is 45.9 Å². The van der Waals surface area contributed by atoms with Crippen LogP contribution in [0.3, 0.4) is 0 Å². The molecule has 0 aromatic heterocycles. The minimum atomic E-state index is -0.759. The summed E-state index contributed by atoms with van der Waals surface area (Å²) in [6.07, 6.45) is 0. The summed E-state index contributed by atoms with van der Waals surface area (Å²) < 4.78 is 21.5. The first-order chi connectivity index (χ1) is 15.0. The Labute approximate surface area is 180 Å². The maximum Gasteiger partial charge on any atom is 0.315 e. The van der Waals surface area contributed by atoms with Crippen molar-refractivity contribution in [1.82, 2.24) is 0 Å². The van der Waals surface area contributed by atoms with E-state index in [2.05, 4.69) is 4.99 Å². The maximum absolute atomic E-state index is 13.4. The van der Waals surface area contributed by atoms with Crippen molar-refractivity contribution in [3.05, 3.63) is 58.7 Å². The van der Waals surface area contributed by atoms with E-state index in [0.717, 1.165) is 5.56 Å². The number of ether oxygens (including phenoxy) is 4. The van der Waals surface area contributed by atoms with Gasteiger partial charge < -0.3 is 18.9 Å². The molecular formula is C24H23NO6. The molecule has 7 heteroatoms. The van der Waals surface area contributed by atoms with Crippen molar-refractivity contribution in [1.29, 1.82) is 0 Å². The lowest BCUT2D eigenvalue weighted by atomic mass is 9.75. The third-order valence-electron chi connectivity index (χ3n) is 5.81. The van der Waals surface area contributed by atoms with Gasteiger partial charge in [-0.1, -0.05) is 24.3 Å². The Hall–Kier alpha value is -3.61. The van der Waals surface area contributed by atoms with Gasteiger partial charge in [-0.2, -0.15) is 0 Å². The van der Waals surface area contributed by atoms with Crippen LogP contribution in [0.25, 0.3) is 5.70 Å². The van der Waals surface area contributed by atoms with E-state index in [0.29, 0.717) is 45.4 Å². The molecule has 1 aliphatic heterocycles. The predicted octanol–water partition coefficient (Wildman–Crippen LogP) is 3.67. The molecule has 31 heavy (non-hydrogen) atoms. The largest absolute Gasteiger partial charge is 0.493 e. The topological polar surface area (TPSA) is 83.4 Å². The Morgan fingerprint density at radius 2 is 1.55 bits per heavy atom. The first-order valence-electron chi connectivity index (χ1n) is 9.78. The van der Waals surface area contributed by atoms with Crippen LogP contribution in [0.15, 0.2) is 47.0 Å². The molecule has 0 amide bonds. The summed E-state index contributed by atoms with van der Waals surface area (Å²) in [5.41, 5.74) is 3.66. The van der Waals surface area contributed by atoms with Crippen LogP contribution in [0.1, 0.15) is 34.3 Å². The normalized spacial score (nSPS) is 19.4. The molecule has 2 atom stereocenters. The van der Waals surface area contributed by atoms with Gasteiger partial charge in [-0.15, -0.1) is 0 Å². The van der Waals surface area contributed by atoms with Crippen LogP contribution in [0.5, 0.6) is 17.2 Å². The molecule has 1 unspecified atom stereocenters. The van der Waals surface area contributed by atoms with Crippen molar-refractivity contribution in [2.45, 2.75) is 12.8 Å². The highest BCUT2D eigenvalue weighted by atomic mass is 16.5. The van der Waals surface area contributed by atoms with Gasteiger partial charge in [0.05, 0.1) is 34.1 Å². The fourth-order valence-corrected chi connectivity index (χ4v) is 4.42. The van der Waals surface area contributed by atoms with E-state index in [9.17, 15) is 9.59 Å². The van der Waals surface area contributed by atoms with Gasteiger partial charge in [0.25, 0.3) is 0 Å². The number of fused-ring (bicyclic) bond motifs is 2. The summed E-state index contributed by atoms with van der Waals surface area (Å²) in [4.78, 5) is 30.9. The molecule has 0 fully saturated rings. The summed E-state index contributed by atoms with van der Waals surface area (Å²) in [6, 6.07) is 10.9. The van der Waals surface area contributed by atoms with Crippen molar-refractivity contribution < 1.29 is 28.5 Å². The molecule has 160 valence electrons. The quantitative estimate of drug-likeness (QED) is 0.685. The molecule has 0 saturated carbocycles. The van der Waals surface area contributed by atoms with Crippen LogP contribution >= 0.6 is 0 Å². The molecule has 0 N–H and O–H groups in total. The van der Waals surface area contributed by atoms with Gasteiger partial charge >= 0.3 is 5.97 Å². The zero-order valence-electron chi connectivity index (χ0n) is 18.0. The molecule has 4 rings (SSSR count). The van der Waals surface area contributed by atoms with Crippen LogP contribution < -0.4 is 14.2 Å². The first-order valence-corrected chi connectivity index (χ1v) is 9.78. The number of hydrogen-bond acceptors (Lipinski definition) is 7. The number of carbonyl (C=O) groups is 2. The number of Topliss-reactive ketones (excluding diaryl/α,β-unsaturated/α-hetero) is 1. The van der Waals surface area contributed by atoms with Crippen molar-refractivity contribution in [2.75, 3.05) is 28.4 Å². The second-order valence-electron chi connectivity index (χ2n) is 7.33. The average molecular weight is 421 g/mol. The number of carbonyl (C=O) groups excluding carboxylic acids is 2. The van der Waals surface area contributed by atoms with Gasteiger partial charge in [0.15, 0.2) is 17.3 Å². The predicted molar refractivity (Wildman–Crippen MR) is 115 cm³/mol. The standard InChI is InChI=1S/C24H23NO6/c1-12-18(24(27)31-5)19(13-10-16(28-2)23(30-4)17(11-13)29-3)20-21(25-12)14-8-6-7-9-15(14)22(20)26/h6-11,18-19H,1-5H3/t18?,19-/m1/s1. The van der Waals surface area contributed by atoms with Gasteiger partial charge in [0.1, 0.15) is 5.92 Å². The first kappa shape index (κ1) is 20.7. The number of nitrogens with zero attached hydrogens (tertiary/aromatic N) is 1. The minimum absolute atomic E-state index is 0.144. The zero-order chi connectivity index (χ0) is 22.3. The molecule has 1 aliphatic carbocycles. The molecule has 0 bridgehead atoms. The third kappa shape index (κ3) is 3.08. The molecule has 0 saturated heterocycles. The smallest absolute Gasteiger partial charge is 0.315 e. The summed E-state index contributed by atoms with van der Waals surface area (Å²) in [6.45, 7) is 1.78. The number of ketones is 1. The third-order valence-corrected chi connectivity index (χ3v) is 5.81. The van der Waals surface area contributed by atoms with E-state index in [4.69, 9.17) is 18.9 Å². The molecule has 1 heterocycles. The average Bonchev–Trinajstić information content (AvgIpc) is 3.08. The van der Waals surface area contributed by atoms with Crippen molar-refractivity contribution >= 4 is 23.2 Å². The van der Waals surface area contributed by atoms with Crippen molar-refractivity contribution in [2.24, 2.45) is 10.9 Å². The number of aliphatic imine (C=N–C) groups is 1. The highest BCUT2D eigenvalue weighted by molar-refractivity contribution is 6.24. The van der Waals surface area contributed by atoms with E-state index >= 15 is 0 Å². The van der Waals surface area contributed by atoms with E-state index in [1.807, 2.05) is 18.2 Å². The molecule has 2 aliphatic rings. The Bertz CT molecular complexity index is 1120. The lowest BCUT2D eigenvalue weighted by Crippen LogP contribution is -2.34. The van der Waals surface area contributed by atoms with Gasteiger partial charge in [-0.05, 0) is 24.6 Å². The Kier molecular flexibility index (Phi) is 5.27. The van der Waals surface area contributed by atoms with Crippen LogP contribution in [0, 0.1) is 5.92 Å². The van der Waals surface area contributed by atoms with Crippen LogP contribution in [0.2, 0.25) is 0 Å². The molecule has 2 aromatic rings. The fraction of sp³-hybridized carbons (Fsp3) is 0.292. The summed E-state index contributed by atoms with van der Waals surface area (Å²) in [7, 11) is 5.89. The maximum atomic E-state index is 13.4. The van der Waals surface area contributed by atoms with Gasteiger partial charge in [0.2, 0.25) is 5.75 Å². The lowest BCUT2D eigenvalue weighted by Gasteiger charge is -2.30. The number of esters is 1. The van der Waals surface area contributed by atoms with Crippen LogP contribution in [0.4, 0.5) is 0 Å². The summed E-state index contributed by atoms with van der Waals surface area (Å²) in [5, 5.41) is 0. The minimum Gasteiger partial charge on any atom is -0.493 e. The highest BCUT2D eigenvalue weighted by Crippen LogP contribution is 2.50. The van der Waals surface area contributed by atoms with Gasteiger partial charge in [-0.25, -0.2) is 0 Å². The number of methoxy groups -OCH3 is 4. The van der Waals surface area contributed by atoms with Gasteiger partial charge in [-0.3, -0.25) is 14.6 Å². The molecule has 0 radical (unpaired) electrons. The van der Waals surface area contributed by atoms with Gasteiger partial charge in [0, 0.05) is 28.3 Å². The monoisotopic (exact) mass is 421 g/mol. The number of benzene rings is 2. The molecule has 7 nitrogen and oxygen atoms in total. The lowest BCUT2D eigenvalue weighted by molar-refractivity contribution is -0.143. The molecule has 2 aromatic carbocycles. The Morgan fingerprint density at radius 3 is 2.10 bits per heavy atom. The molecule has 0 spiro atoms. The van der Waals surface area contributed by atoms with Crippen molar-refractivity contribution in [3.8, 4) is 17.2 Å². The summed E-state index contributed by atoms with van der Waals surface area (Å²) in [5.74, 6) is -0.681. The SMILES string of the molecule is COC(=O)C1C(C)=NC2=C(C(=O)c3ccccc32)[C@@H]1c1cc(OC)c(OC)c(OC)c1. The van der Waals surface area contributed by atoms with E-state index < -0.39 is 17.8 Å². The Morgan fingerprint density at radius 1 is 0.935 bits per heavy atom. The number of allylic oxidation sites excluding steroid dienone is 1. The zero-order valence-corrected chi connectivity index (χ0v) is 18.0. The van der Waals surface area contributed by atoms with E-state index in [-0.39, 0.29) is 5.78 Å². The molecular weight excluding hydrogens is 398 g/mol. The Balaban J connectivity index is 1.99. The number of hydrogen-bond donors (Lipinski definition) is 0. The van der Waals surface area contributed by atoms with E-state index in [1.165, 1.54) is 28.4 Å². The number of rotatable bonds is 5.